The molecule has 3 nitrogen and oxygen atoms in total. The van der Waals surface area contributed by atoms with E-state index in [0.29, 0.717) is 0 Å². The van der Waals surface area contributed by atoms with E-state index in [1.807, 2.05) is 14.1 Å². The third kappa shape index (κ3) is 3.82. The van der Waals surface area contributed by atoms with Gasteiger partial charge in [-0.1, -0.05) is 40.2 Å². The molecule has 20 heavy (non-hydrogen) atoms. The number of rotatable bonds is 5. The number of hydrogen-bond acceptors (Lipinski definition) is 3. The van der Waals surface area contributed by atoms with E-state index in [0.717, 1.165) is 10.9 Å². The van der Waals surface area contributed by atoms with Crippen LogP contribution in [0.2, 0.25) is 0 Å². The van der Waals surface area contributed by atoms with E-state index in [-0.39, 0.29) is 6.04 Å². The first-order chi connectivity index (χ1) is 9.60. The van der Waals surface area contributed by atoms with Crippen LogP contribution in [0.3, 0.4) is 0 Å². The van der Waals surface area contributed by atoms with Crippen molar-refractivity contribution < 1.29 is 0 Å². The van der Waals surface area contributed by atoms with E-state index in [9.17, 15) is 0 Å². The van der Waals surface area contributed by atoms with E-state index in [1.54, 1.807) is 0 Å². The summed E-state index contributed by atoms with van der Waals surface area (Å²) in [5.41, 5.74) is 6.55. The molecule has 0 aromatic heterocycles. The quantitative estimate of drug-likeness (QED) is 0.651. The SMILES string of the molecule is CN(C)c1cccc(C(Cc2ccc(Br)cc2)NN)c1. The Balaban J connectivity index is 2.19. The molecule has 1 atom stereocenters. The molecule has 2 aromatic rings. The van der Waals surface area contributed by atoms with Gasteiger partial charge in [0, 0.05) is 24.3 Å². The zero-order valence-corrected chi connectivity index (χ0v) is 13.4. The molecule has 4 heteroatoms. The summed E-state index contributed by atoms with van der Waals surface area (Å²) in [5.74, 6) is 5.74. The third-order valence-electron chi connectivity index (χ3n) is 3.34. The molecule has 0 aliphatic carbocycles. The molecule has 2 aromatic carbocycles. The molecule has 1 unspecified atom stereocenters. The van der Waals surface area contributed by atoms with Crippen molar-refractivity contribution in [1.82, 2.24) is 5.43 Å². The molecule has 0 aliphatic rings. The number of nitrogens with one attached hydrogen (secondary N) is 1. The molecule has 0 radical (unpaired) electrons. The van der Waals surface area contributed by atoms with Crippen LogP contribution in [0, 0.1) is 0 Å². The minimum atomic E-state index is 0.107. The Hall–Kier alpha value is -1.36. The summed E-state index contributed by atoms with van der Waals surface area (Å²) in [5, 5.41) is 0. The lowest BCUT2D eigenvalue weighted by molar-refractivity contribution is 0.552. The van der Waals surface area contributed by atoms with E-state index in [4.69, 9.17) is 5.84 Å². The Morgan fingerprint density at radius 3 is 2.45 bits per heavy atom. The molecular formula is C16H20BrN3. The first-order valence-corrected chi connectivity index (χ1v) is 7.37. The largest absolute Gasteiger partial charge is 0.378 e. The van der Waals surface area contributed by atoms with Gasteiger partial charge in [0.2, 0.25) is 0 Å². The highest BCUT2D eigenvalue weighted by Crippen LogP contribution is 2.22. The van der Waals surface area contributed by atoms with Crippen LogP contribution in [0.25, 0.3) is 0 Å². The van der Waals surface area contributed by atoms with Gasteiger partial charge in [0.1, 0.15) is 0 Å². The maximum absolute atomic E-state index is 5.74. The standard InChI is InChI=1S/C16H20BrN3/c1-20(2)15-5-3-4-13(11-15)16(19-18)10-12-6-8-14(17)9-7-12/h3-9,11,16,19H,10,18H2,1-2H3. The molecule has 0 spiro atoms. The van der Waals surface area contributed by atoms with E-state index in [1.165, 1.54) is 16.8 Å². The number of nitrogens with zero attached hydrogens (tertiary/aromatic N) is 1. The van der Waals surface area contributed by atoms with Gasteiger partial charge in [-0.25, -0.2) is 0 Å². The predicted molar refractivity (Wildman–Crippen MR) is 88.7 cm³/mol. The van der Waals surface area contributed by atoms with Crippen molar-refractivity contribution in [3.05, 3.63) is 64.1 Å². The Bertz CT molecular complexity index is 552. The fraction of sp³-hybridized carbons (Fsp3) is 0.250. The molecular weight excluding hydrogens is 314 g/mol. The summed E-state index contributed by atoms with van der Waals surface area (Å²) in [7, 11) is 4.08. The summed E-state index contributed by atoms with van der Waals surface area (Å²) in [6.07, 6.45) is 0.862. The maximum Gasteiger partial charge on any atom is 0.0501 e. The van der Waals surface area contributed by atoms with Gasteiger partial charge in [-0.3, -0.25) is 11.3 Å². The molecule has 0 bridgehead atoms. The van der Waals surface area contributed by atoms with Gasteiger partial charge in [0.25, 0.3) is 0 Å². The number of nitrogens with two attached hydrogens (primary N) is 1. The molecule has 0 amide bonds. The van der Waals surface area contributed by atoms with E-state index < -0.39 is 0 Å². The summed E-state index contributed by atoms with van der Waals surface area (Å²) < 4.78 is 1.09. The van der Waals surface area contributed by atoms with Crippen LogP contribution < -0.4 is 16.2 Å². The van der Waals surface area contributed by atoms with Crippen molar-refractivity contribution in [1.29, 1.82) is 0 Å². The molecule has 0 saturated carbocycles. The van der Waals surface area contributed by atoms with Crippen LogP contribution >= 0.6 is 15.9 Å². The Kier molecular flexibility index (Phi) is 5.17. The van der Waals surface area contributed by atoms with Crippen molar-refractivity contribution in [2.75, 3.05) is 19.0 Å². The fourth-order valence-electron chi connectivity index (χ4n) is 2.15. The zero-order valence-electron chi connectivity index (χ0n) is 11.8. The monoisotopic (exact) mass is 333 g/mol. The molecule has 0 fully saturated rings. The normalized spacial score (nSPS) is 12.2. The molecule has 0 aliphatic heterocycles. The van der Waals surface area contributed by atoms with Crippen molar-refractivity contribution in [3.63, 3.8) is 0 Å². The highest BCUT2D eigenvalue weighted by molar-refractivity contribution is 9.10. The van der Waals surface area contributed by atoms with Gasteiger partial charge in [-0.2, -0.15) is 0 Å². The Morgan fingerprint density at radius 2 is 1.85 bits per heavy atom. The highest BCUT2D eigenvalue weighted by atomic mass is 79.9. The van der Waals surface area contributed by atoms with Crippen LogP contribution in [-0.2, 0) is 6.42 Å². The zero-order chi connectivity index (χ0) is 14.5. The van der Waals surface area contributed by atoms with Crippen LogP contribution in [0.4, 0.5) is 5.69 Å². The maximum atomic E-state index is 5.74. The Labute approximate surface area is 128 Å². The molecule has 0 heterocycles. The second-order valence-electron chi connectivity index (χ2n) is 5.04. The van der Waals surface area contributed by atoms with Gasteiger partial charge < -0.3 is 4.90 Å². The minimum Gasteiger partial charge on any atom is -0.378 e. The molecule has 106 valence electrons. The second-order valence-corrected chi connectivity index (χ2v) is 5.95. The van der Waals surface area contributed by atoms with Crippen molar-refractivity contribution in [2.24, 2.45) is 5.84 Å². The molecule has 2 rings (SSSR count). The number of benzene rings is 2. The lowest BCUT2D eigenvalue weighted by atomic mass is 9.99. The van der Waals surface area contributed by atoms with Gasteiger partial charge >= 0.3 is 0 Å². The lowest BCUT2D eigenvalue weighted by Gasteiger charge is -2.19. The summed E-state index contributed by atoms with van der Waals surface area (Å²) >= 11 is 3.45. The summed E-state index contributed by atoms with van der Waals surface area (Å²) in [6, 6.07) is 16.9. The first kappa shape index (κ1) is 15.0. The average Bonchev–Trinajstić information content (AvgIpc) is 2.46. The van der Waals surface area contributed by atoms with E-state index in [2.05, 4.69) is 74.8 Å². The number of anilines is 1. The third-order valence-corrected chi connectivity index (χ3v) is 3.87. The topological polar surface area (TPSA) is 41.3 Å². The fourth-order valence-corrected chi connectivity index (χ4v) is 2.41. The van der Waals surface area contributed by atoms with Gasteiger partial charge in [0.05, 0.1) is 6.04 Å². The summed E-state index contributed by atoms with van der Waals surface area (Å²) in [4.78, 5) is 2.09. The van der Waals surface area contributed by atoms with Crippen molar-refractivity contribution in [2.45, 2.75) is 12.5 Å². The Morgan fingerprint density at radius 1 is 1.15 bits per heavy atom. The smallest absolute Gasteiger partial charge is 0.0501 e. The molecule has 0 saturated heterocycles. The van der Waals surface area contributed by atoms with E-state index >= 15 is 0 Å². The minimum absolute atomic E-state index is 0.107. The second kappa shape index (κ2) is 6.88. The van der Waals surface area contributed by atoms with Gasteiger partial charge in [0.15, 0.2) is 0 Å². The average molecular weight is 334 g/mol. The number of hydrogen-bond donors (Lipinski definition) is 2. The number of halogens is 1. The number of hydrazine groups is 1. The summed E-state index contributed by atoms with van der Waals surface area (Å²) in [6.45, 7) is 0. The van der Waals surface area contributed by atoms with Crippen molar-refractivity contribution >= 4 is 21.6 Å². The van der Waals surface area contributed by atoms with Crippen molar-refractivity contribution in [3.8, 4) is 0 Å². The van der Waals surface area contributed by atoms with Crippen LogP contribution in [-0.4, -0.2) is 14.1 Å². The first-order valence-electron chi connectivity index (χ1n) is 6.58. The highest BCUT2D eigenvalue weighted by Gasteiger charge is 2.11. The van der Waals surface area contributed by atoms with Crippen LogP contribution in [0.5, 0.6) is 0 Å². The van der Waals surface area contributed by atoms with Crippen LogP contribution in [0.15, 0.2) is 53.0 Å². The van der Waals surface area contributed by atoms with Gasteiger partial charge in [-0.15, -0.1) is 0 Å². The van der Waals surface area contributed by atoms with Gasteiger partial charge in [-0.05, 0) is 41.8 Å². The lowest BCUT2D eigenvalue weighted by Crippen LogP contribution is -2.29. The van der Waals surface area contributed by atoms with Crippen LogP contribution in [0.1, 0.15) is 17.2 Å². The predicted octanol–water partition coefficient (Wildman–Crippen LogP) is 3.26. The molecule has 3 N–H and O–H groups in total.